The first kappa shape index (κ1) is 51.9. The van der Waals surface area contributed by atoms with E-state index in [1.54, 1.807) is 56.8 Å². The summed E-state index contributed by atoms with van der Waals surface area (Å²) in [5.74, 6) is 10.9. The van der Waals surface area contributed by atoms with E-state index < -0.39 is 30.6 Å². The second kappa shape index (κ2) is 23.5. The molecule has 4 aliphatic rings. The number of amides is 4. The molecule has 0 spiro atoms. The van der Waals surface area contributed by atoms with Crippen LogP contribution in [0, 0.1) is 41.6 Å². The number of rotatable bonds is 7. The number of hydrogen-bond acceptors (Lipinski definition) is 10. The summed E-state index contributed by atoms with van der Waals surface area (Å²) < 4.78 is 29.0. The van der Waals surface area contributed by atoms with Crippen molar-refractivity contribution in [2.75, 3.05) is 27.2 Å². The second-order valence-corrected chi connectivity index (χ2v) is 15.7. The largest absolute Gasteiger partial charge is 1.00 e. The molecule has 8 rings (SSSR count). The van der Waals surface area contributed by atoms with Gasteiger partial charge in [0, 0.05) is 74.7 Å². The third kappa shape index (κ3) is 15.2. The molecule has 2 atom stereocenters. The van der Waals surface area contributed by atoms with Gasteiger partial charge in [-0.25, -0.2) is 19.9 Å². The molecule has 2 aliphatic carbocycles. The summed E-state index contributed by atoms with van der Waals surface area (Å²) in [5, 5.41) is 20.5. The second-order valence-electron chi connectivity index (χ2n) is 15.4. The number of benzene rings is 2. The summed E-state index contributed by atoms with van der Waals surface area (Å²) in [7, 11) is -0.360. The maximum Gasteiger partial charge on any atom is 1.00 e. The number of primary amides is 2. The summed E-state index contributed by atoms with van der Waals surface area (Å²) in [5.41, 5.74) is 11.7. The fourth-order valence-corrected chi connectivity index (χ4v) is 6.55. The first-order chi connectivity index (χ1) is 29.9. The Hall–Kier alpha value is -4.70. The van der Waals surface area contributed by atoms with Gasteiger partial charge in [-0.3, -0.25) is 32.1 Å². The molecule has 0 unspecified atom stereocenters. The van der Waals surface area contributed by atoms with Gasteiger partial charge in [0.1, 0.15) is 11.4 Å². The molecule has 4 aromatic rings. The molecule has 0 bridgehead atoms. The number of carbonyl (C=O) groups is 4. The zero-order chi connectivity index (χ0) is 45.9. The molecule has 4 fully saturated rings. The number of hydrogen-bond donors (Lipinski definition) is 4. The van der Waals surface area contributed by atoms with Crippen LogP contribution in [0.15, 0.2) is 60.9 Å². The molecule has 20 heteroatoms. The molecule has 4 amide bonds. The summed E-state index contributed by atoms with van der Waals surface area (Å²) in [4.78, 5) is 66.0. The van der Waals surface area contributed by atoms with Gasteiger partial charge >= 0.3 is 58.9 Å². The summed E-state index contributed by atoms with van der Waals surface area (Å²) in [6.07, 6.45) is 10.2. The summed E-state index contributed by atoms with van der Waals surface area (Å²) in [6, 6.07) is 17.2. The van der Waals surface area contributed by atoms with Gasteiger partial charge < -0.3 is 31.5 Å². The van der Waals surface area contributed by atoms with E-state index in [1.807, 2.05) is 18.2 Å². The Bertz CT molecular complexity index is 2460. The van der Waals surface area contributed by atoms with E-state index >= 15 is 0 Å². The molecule has 14 nitrogen and oxygen atoms in total. The Morgan fingerprint density at radius 3 is 1.77 bits per heavy atom. The minimum Gasteiger partial charge on any atom is -0.369 e. The molecule has 328 valence electrons. The topological polar surface area (TPSA) is 219 Å². The zero-order valence-electron chi connectivity index (χ0n) is 35.5. The minimum absolute atomic E-state index is 0. The number of carbonyl (C=O) groups excluding carboxylic acids is 4. The standard InChI is InChI=1S/C22H22N4O3.C13H12NO2.C9H10ClN3O.BF3.K/c1-26-10-9-22(29,21(26)28)8-7-14-3-2-4-16(11-14)20-24-13-17(12-15-5-6-15)18(25-20)19(23)27;1-14-10-9-13(16,12(14)15)8-7-11-5-3-2-4-6-11;10-9-12-4-6(3-5-1-2-5)7(13-9)8(11)14;2-1(3)4;/h2-4,11,13,15,29H,5-6,9-10,12H2,1H3,(H2,23,27);2-3,5-6,16H,9-10H2,1H3;4-5H,1-3H2,(H2,11,14);;/q;-1;;;+1/t22-;13-;;;/m00.../s1. The number of nitrogens with two attached hydrogens (primary N) is 2. The Morgan fingerprint density at radius 1 is 0.828 bits per heavy atom. The fraction of sp³-hybridized carbons (Fsp3) is 0.364. The van der Waals surface area contributed by atoms with Crippen molar-refractivity contribution in [3.63, 3.8) is 0 Å². The average molecular weight is 923 g/mol. The van der Waals surface area contributed by atoms with E-state index in [9.17, 15) is 42.3 Å². The molecule has 2 saturated carbocycles. The molecule has 2 aromatic carbocycles. The van der Waals surface area contributed by atoms with Gasteiger partial charge in [0.2, 0.25) is 16.5 Å². The van der Waals surface area contributed by atoms with Crippen molar-refractivity contribution in [3.8, 4) is 35.1 Å². The van der Waals surface area contributed by atoms with Crippen LogP contribution < -0.4 is 62.9 Å². The zero-order valence-corrected chi connectivity index (χ0v) is 39.3. The van der Waals surface area contributed by atoms with Crippen LogP contribution in [0.3, 0.4) is 0 Å². The van der Waals surface area contributed by atoms with Crippen molar-refractivity contribution in [1.29, 1.82) is 0 Å². The van der Waals surface area contributed by atoms with Crippen molar-refractivity contribution in [2.24, 2.45) is 23.3 Å². The number of nitrogens with zero attached hydrogens (tertiary/aromatic N) is 6. The third-order valence-corrected chi connectivity index (χ3v) is 10.4. The van der Waals surface area contributed by atoms with Crippen molar-refractivity contribution in [3.05, 3.63) is 106 Å². The quantitative estimate of drug-likeness (QED) is 0.0878. The summed E-state index contributed by atoms with van der Waals surface area (Å²) in [6.45, 7) is 1.02. The molecule has 64 heavy (non-hydrogen) atoms. The maximum absolute atomic E-state index is 12.1. The van der Waals surface area contributed by atoms with E-state index in [2.05, 4.69) is 49.7 Å². The first-order valence-electron chi connectivity index (χ1n) is 19.9. The van der Waals surface area contributed by atoms with Crippen LogP contribution >= 0.6 is 11.6 Å². The average Bonchev–Trinajstić information content (AvgIpc) is 4.21. The molecule has 4 heterocycles. The number of aromatic nitrogens is 4. The Labute approximate surface area is 416 Å². The van der Waals surface area contributed by atoms with E-state index in [0.717, 1.165) is 42.4 Å². The molecule has 6 N–H and O–H groups in total. The van der Waals surface area contributed by atoms with Crippen LogP contribution in [0.2, 0.25) is 5.28 Å². The molecular formula is C44H44BClF3KN8O6. The van der Waals surface area contributed by atoms with Crippen molar-refractivity contribution in [1.82, 2.24) is 29.7 Å². The molecule has 2 aliphatic heterocycles. The first-order valence-corrected chi connectivity index (χ1v) is 20.2. The predicted molar refractivity (Wildman–Crippen MR) is 227 cm³/mol. The van der Waals surface area contributed by atoms with Gasteiger partial charge in [-0.05, 0) is 74.1 Å². The SMILES string of the molecule is CN1CC[C@@](O)(C#Cc2c[c-]ccc2)C1=O.CN1CC[C@@](O)(C#Cc2cccc(-c3ncc(CC4CC4)c(C(N)=O)n3)c2)C1=O.FB(F)F.NC(=O)c1nc(Cl)ncc1CC1CC1.[K+]. The van der Waals surface area contributed by atoms with Gasteiger partial charge in [0.25, 0.3) is 23.6 Å². The van der Waals surface area contributed by atoms with Gasteiger partial charge in [-0.1, -0.05) is 35.5 Å². The Balaban J connectivity index is 0.000000217. The minimum atomic E-state index is -3.67. The number of likely N-dealkylation sites (N-methyl/N-ethyl adjacent to an activating group) is 2. The fourth-order valence-electron chi connectivity index (χ4n) is 6.42. The van der Waals surface area contributed by atoms with Crippen molar-refractivity contribution < 1.29 is 93.7 Å². The molecular weight excluding hydrogens is 879 g/mol. The van der Waals surface area contributed by atoms with E-state index in [-0.39, 0.29) is 86.3 Å². The molecule has 2 aromatic heterocycles. The Morgan fingerprint density at radius 2 is 1.31 bits per heavy atom. The normalized spacial score (nSPS) is 19.4. The van der Waals surface area contributed by atoms with Crippen LogP contribution in [0.1, 0.15) is 81.8 Å². The Kier molecular flexibility index (Phi) is 19.0. The smallest absolute Gasteiger partial charge is 0.369 e. The predicted octanol–water partition coefficient (Wildman–Crippen LogP) is 0.636. The number of halogens is 4. The summed E-state index contributed by atoms with van der Waals surface area (Å²) >= 11 is 5.58. The van der Waals surface area contributed by atoms with Crippen LogP contribution in [-0.2, 0) is 22.4 Å². The van der Waals surface area contributed by atoms with Crippen LogP contribution in [0.5, 0.6) is 0 Å². The van der Waals surface area contributed by atoms with E-state index in [1.165, 1.54) is 22.6 Å². The van der Waals surface area contributed by atoms with Crippen LogP contribution in [-0.4, -0.2) is 110 Å². The number of aliphatic hydroxyl groups is 2. The van der Waals surface area contributed by atoms with Gasteiger partial charge in [-0.2, -0.15) is 30.3 Å². The van der Waals surface area contributed by atoms with Gasteiger partial charge in [0.15, 0.2) is 5.82 Å². The number of likely N-dealkylation sites (tertiary alicyclic amines) is 2. The molecule has 0 radical (unpaired) electrons. The van der Waals surface area contributed by atoms with Crippen molar-refractivity contribution >= 4 is 42.8 Å². The van der Waals surface area contributed by atoms with Crippen LogP contribution in [0.25, 0.3) is 11.4 Å². The van der Waals surface area contributed by atoms with E-state index in [0.29, 0.717) is 48.3 Å². The molecule has 2 saturated heterocycles. The van der Waals surface area contributed by atoms with Crippen molar-refractivity contribution in [2.45, 2.75) is 62.6 Å². The van der Waals surface area contributed by atoms with Gasteiger partial charge in [0.05, 0.1) is 0 Å². The van der Waals surface area contributed by atoms with Crippen LogP contribution in [0.4, 0.5) is 12.9 Å². The van der Waals surface area contributed by atoms with E-state index in [4.69, 9.17) is 23.1 Å². The third-order valence-electron chi connectivity index (χ3n) is 10.3. The monoisotopic (exact) mass is 922 g/mol. The van der Waals surface area contributed by atoms with Gasteiger partial charge in [-0.15, -0.1) is 5.92 Å². The maximum atomic E-state index is 12.1.